The van der Waals surface area contributed by atoms with Crippen LogP contribution in [0, 0.1) is 5.92 Å². The van der Waals surface area contributed by atoms with Crippen LogP contribution in [0.1, 0.15) is 49.9 Å². The Morgan fingerprint density at radius 1 is 1.14 bits per heavy atom. The molecule has 1 saturated carbocycles. The van der Waals surface area contributed by atoms with Crippen LogP contribution in [-0.4, -0.2) is 37.1 Å². The second-order valence-electron chi connectivity index (χ2n) is 9.50. The first-order valence-electron chi connectivity index (χ1n) is 12.1. The third-order valence-electron chi connectivity index (χ3n) is 6.67. The number of nitrogens with two attached hydrogens (primary N) is 1. The second kappa shape index (κ2) is 10.4. The molecule has 9 heteroatoms. The van der Waals surface area contributed by atoms with Crippen LogP contribution in [0.25, 0.3) is 11.2 Å². The standard InChI is InChI=1S/C26H33N5O4/c1-17(2)13-14-30-22-23(28-25(30)35-16-19-11-7-8-12-20(19)27)29(3)26(34)31(24(22)33)15-21(32)18-9-5-4-6-10-18/h4-6,9-10,13,19-20H,7-8,11-12,14-16,27H2,1-3H3/t19-,20-/m1/s1. The van der Waals surface area contributed by atoms with E-state index >= 15 is 0 Å². The lowest BCUT2D eigenvalue weighted by Gasteiger charge is -2.28. The lowest BCUT2D eigenvalue weighted by atomic mass is 9.86. The van der Waals surface area contributed by atoms with Crippen molar-refractivity contribution in [1.29, 1.82) is 0 Å². The van der Waals surface area contributed by atoms with Gasteiger partial charge in [0.2, 0.25) is 0 Å². The predicted octanol–water partition coefficient (Wildman–Crippen LogP) is 2.64. The van der Waals surface area contributed by atoms with Crippen molar-refractivity contribution in [3.63, 3.8) is 0 Å². The van der Waals surface area contributed by atoms with Gasteiger partial charge in [0.1, 0.15) is 0 Å². The molecule has 3 aromatic rings. The monoisotopic (exact) mass is 479 g/mol. The van der Waals surface area contributed by atoms with Crippen molar-refractivity contribution < 1.29 is 9.53 Å². The van der Waals surface area contributed by atoms with E-state index in [2.05, 4.69) is 4.98 Å². The molecular formula is C26H33N5O4. The summed E-state index contributed by atoms with van der Waals surface area (Å²) < 4.78 is 10.1. The topological polar surface area (TPSA) is 114 Å². The zero-order valence-corrected chi connectivity index (χ0v) is 20.6. The van der Waals surface area contributed by atoms with Crippen LogP contribution >= 0.6 is 0 Å². The molecule has 0 amide bonds. The molecule has 2 aromatic heterocycles. The third-order valence-corrected chi connectivity index (χ3v) is 6.67. The lowest BCUT2D eigenvalue weighted by molar-refractivity contribution is 0.0969. The van der Waals surface area contributed by atoms with E-state index < -0.39 is 11.2 Å². The first kappa shape index (κ1) is 24.7. The second-order valence-corrected chi connectivity index (χ2v) is 9.50. The molecule has 2 heterocycles. The number of aryl methyl sites for hydroxylation is 1. The van der Waals surface area contributed by atoms with Crippen molar-refractivity contribution >= 4 is 16.9 Å². The molecule has 0 aliphatic heterocycles. The van der Waals surface area contributed by atoms with Crippen LogP contribution < -0.4 is 21.7 Å². The molecule has 2 N–H and O–H groups in total. The third kappa shape index (κ3) is 5.14. The van der Waals surface area contributed by atoms with Crippen LogP contribution in [0.15, 0.2) is 51.6 Å². The van der Waals surface area contributed by atoms with Gasteiger partial charge in [0.05, 0.1) is 13.2 Å². The quantitative estimate of drug-likeness (QED) is 0.392. The molecule has 35 heavy (non-hydrogen) atoms. The van der Waals surface area contributed by atoms with E-state index in [1.165, 1.54) is 4.57 Å². The van der Waals surface area contributed by atoms with Gasteiger partial charge in [0, 0.05) is 31.1 Å². The molecule has 186 valence electrons. The minimum absolute atomic E-state index is 0.0740. The van der Waals surface area contributed by atoms with Crippen LogP contribution in [0.4, 0.5) is 0 Å². The number of imidazole rings is 1. The summed E-state index contributed by atoms with van der Waals surface area (Å²) in [5.41, 5.74) is 7.09. The summed E-state index contributed by atoms with van der Waals surface area (Å²) >= 11 is 0. The highest BCUT2D eigenvalue weighted by Gasteiger charge is 2.25. The molecule has 0 spiro atoms. The Kier molecular flexibility index (Phi) is 7.35. The van der Waals surface area contributed by atoms with E-state index in [0.717, 1.165) is 35.8 Å². The summed E-state index contributed by atoms with van der Waals surface area (Å²) in [7, 11) is 1.55. The fourth-order valence-corrected chi connectivity index (χ4v) is 4.53. The van der Waals surface area contributed by atoms with Crippen molar-refractivity contribution in [2.45, 2.75) is 58.7 Å². The van der Waals surface area contributed by atoms with E-state index in [-0.39, 0.29) is 41.5 Å². The van der Waals surface area contributed by atoms with Crippen LogP contribution in [0.5, 0.6) is 6.01 Å². The number of aromatic nitrogens is 4. The molecule has 0 unspecified atom stereocenters. The van der Waals surface area contributed by atoms with Gasteiger partial charge >= 0.3 is 5.69 Å². The Morgan fingerprint density at radius 2 is 1.86 bits per heavy atom. The van der Waals surface area contributed by atoms with E-state index in [4.69, 9.17) is 10.5 Å². The normalized spacial score (nSPS) is 17.9. The van der Waals surface area contributed by atoms with Crippen LogP contribution in [-0.2, 0) is 20.1 Å². The minimum Gasteiger partial charge on any atom is -0.464 e. The van der Waals surface area contributed by atoms with Gasteiger partial charge in [0.25, 0.3) is 11.6 Å². The lowest BCUT2D eigenvalue weighted by Crippen LogP contribution is -2.41. The van der Waals surface area contributed by atoms with Crippen molar-refractivity contribution in [2.75, 3.05) is 6.61 Å². The Morgan fingerprint density at radius 3 is 2.54 bits per heavy atom. The van der Waals surface area contributed by atoms with Gasteiger partial charge in [-0.1, -0.05) is 54.8 Å². The Hall–Kier alpha value is -3.46. The van der Waals surface area contributed by atoms with Gasteiger partial charge in [-0.3, -0.25) is 23.3 Å². The van der Waals surface area contributed by atoms with E-state index in [1.807, 2.05) is 19.9 Å². The molecule has 1 fully saturated rings. The molecule has 2 atom stereocenters. The van der Waals surface area contributed by atoms with Crippen molar-refractivity contribution in [1.82, 2.24) is 18.7 Å². The molecule has 9 nitrogen and oxygen atoms in total. The van der Waals surface area contributed by atoms with Gasteiger partial charge in [-0.25, -0.2) is 4.79 Å². The number of carbonyl (C=O) groups excluding carboxylic acids is 1. The van der Waals surface area contributed by atoms with Gasteiger partial charge in [-0.15, -0.1) is 0 Å². The van der Waals surface area contributed by atoms with Gasteiger partial charge < -0.3 is 10.5 Å². The smallest absolute Gasteiger partial charge is 0.332 e. The number of nitrogens with zero attached hydrogens (tertiary/aromatic N) is 4. The number of allylic oxidation sites excluding steroid dienone is 2. The molecule has 0 saturated heterocycles. The summed E-state index contributed by atoms with van der Waals surface area (Å²) in [6.45, 7) is 4.33. The highest BCUT2D eigenvalue weighted by molar-refractivity contribution is 5.95. The predicted molar refractivity (Wildman–Crippen MR) is 135 cm³/mol. The number of carbonyl (C=O) groups is 1. The van der Waals surface area contributed by atoms with Crippen LogP contribution in [0.2, 0.25) is 0 Å². The number of ketones is 1. The summed E-state index contributed by atoms with van der Waals surface area (Å²) in [5, 5.41) is 0. The largest absolute Gasteiger partial charge is 0.464 e. The van der Waals surface area contributed by atoms with E-state index in [9.17, 15) is 14.4 Å². The van der Waals surface area contributed by atoms with Gasteiger partial charge in [0.15, 0.2) is 16.9 Å². The summed E-state index contributed by atoms with van der Waals surface area (Å²) in [6.07, 6.45) is 6.16. The first-order valence-corrected chi connectivity index (χ1v) is 12.1. The van der Waals surface area contributed by atoms with Crippen molar-refractivity contribution in [2.24, 2.45) is 18.7 Å². The average molecular weight is 480 g/mol. The van der Waals surface area contributed by atoms with Gasteiger partial charge in [-0.05, 0) is 26.7 Å². The SMILES string of the molecule is CC(C)=CCn1c(OC[C@H]2CCCC[C@H]2N)nc2c1c(=O)n(CC(=O)c1ccccc1)c(=O)n2C. The molecular weight excluding hydrogens is 446 g/mol. The minimum atomic E-state index is -0.598. The number of benzene rings is 1. The molecule has 1 aliphatic rings. The molecule has 0 bridgehead atoms. The van der Waals surface area contributed by atoms with E-state index in [0.29, 0.717) is 18.7 Å². The zero-order chi connectivity index (χ0) is 25.1. The summed E-state index contributed by atoms with van der Waals surface area (Å²) in [6, 6.07) is 8.97. The highest BCUT2D eigenvalue weighted by atomic mass is 16.5. The zero-order valence-electron chi connectivity index (χ0n) is 20.6. The van der Waals surface area contributed by atoms with E-state index in [1.54, 1.807) is 41.9 Å². The van der Waals surface area contributed by atoms with Crippen molar-refractivity contribution in [3.05, 3.63) is 68.4 Å². The van der Waals surface area contributed by atoms with Gasteiger partial charge in [-0.2, -0.15) is 4.98 Å². The van der Waals surface area contributed by atoms with Crippen LogP contribution in [0.3, 0.4) is 0 Å². The Labute approximate surface area is 203 Å². The maximum Gasteiger partial charge on any atom is 0.332 e. The fraction of sp³-hybridized carbons (Fsp3) is 0.462. The fourth-order valence-electron chi connectivity index (χ4n) is 4.53. The first-order chi connectivity index (χ1) is 16.8. The number of Topliss-reactive ketones (excluding diaryl/α,β-unsaturated/α-hetero) is 1. The molecule has 0 radical (unpaired) electrons. The molecule has 4 rings (SSSR count). The average Bonchev–Trinajstić information content (AvgIpc) is 3.22. The Bertz CT molecular complexity index is 1360. The molecule has 1 aromatic carbocycles. The summed E-state index contributed by atoms with van der Waals surface area (Å²) in [5.74, 6) is -0.105. The van der Waals surface area contributed by atoms with Crippen molar-refractivity contribution in [3.8, 4) is 6.01 Å². The number of ether oxygens (including phenoxy) is 1. The number of fused-ring (bicyclic) bond motifs is 1. The Balaban J connectivity index is 1.77. The summed E-state index contributed by atoms with van der Waals surface area (Å²) in [4.78, 5) is 43.9. The highest BCUT2D eigenvalue weighted by Crippen LogP contribution is 2.25. The number of rotatable bonds is 8. The maximum atomic E-state index is 13.5. The maximum absolute atomic E-state index is 13.5. The molecule has 1 aliphatic carbocycles. The number of hydrogen-bond acceptors (Lipinski definition) is 6. The number of hydrogen-bond donors (Lipinski definition) is 1.